The van der Waals surface area contributed by atoms with Crippen LogP contribution in [0.1, 0.15) is 6.92 Å². The largest absolute Gasteiger partial charge is 0.411 e. The van der Waals surface area contributed by atoms with Crippen LogP contribution in [-0.4, -0.2) is 52.6 Å². The zero-order chi connectivity index (χ0) is 16.2. The molecule has 122 valence electrons. The molecule has 1 aromatic heterocycles. The van der Waals surface area contributed by atoms with E-state index in [-0.39, 0.29) is 11.2 Å². The highest BCUT2D eigenvalue weighted by Gasteiger charge is 2.25. The first-order valence-corrected chi connectivity index (χ1v) is 8.52. The van der Waals surface area contributed by atoms with Crippen LogP contribution in [0.3, 0.4) is 0 Å². The molecule has 2 heterocycles. The summed E-state index contributed by atoms with van der Waals surface area (Å²) in [6.45, 7) is 4.26. The molecule has 8 heteroatoms. The molecular formula is C15H16ClN3O3S. The second-order valence-electron chi connectivity index (χ2n) is 5.08. The van der Waals surface area contributed by atoms with Crippen molar-refractivity contribution < 1.29 is 13.9 Å². The summed E-state index contributed by atoms with van der Waals surface area (Å²) in [5.41, 5.74) is 0.754. The molecule has 0 saturated carbocycles. The SMILES string of the molecule is C[C@H](Sc1nnc(-c2cccc(Cl)c2)o1)C(=O)N1CCOCC1. The second-order valence-corrected chi connectivity index (χ2v) is 6.81. The molecule has 23 heavy (non-hydrogen) atoms. The van der Waals surface area contributed by atoms with Gasteiger partial charge in [-0.25, -0.2) is 0 Å². The first kappa shape index (κ1) is 16.3. The lowest BCUT2D eigenvalue weighted by Gasteiger charge is -2.28. The molecule has 1 fully saturated rings. The Morgan fingerprint density at radius 3 is 2.87 bits per heavy atom. The fourth-order valence-corrected chi connectivity index (χ4v) is 3.20. The molecule has 1 atom stereocenters. The third kappa shape index (κ3) is 4.04. The minimum atomic E-state index is -0.291. The normalized spacial score (nSPS) is 16.3. The van der Waals surface area contributed by atoms with Gasteiger partial charge < -0.3 is 14.1 Å². The molecule has 0 aliphatic carbocycles. The van der Waals surface area contributed by atoms with Gasteiger partial charge >= 0.3 is 0 Å². The minimum absolute atomic E-state index is 0.0563. The standard InChI is InChI=1S/C15H16ClN3O3S/c1-10(14(20)19-5-7-21-8-6-19)23-15-18-17-13(22-15)11-3-2-4-12(16)9-11/h2-4,9-10H,5-8H2,1H3/t10-/m0/s1. The second kappa shape index (κ2) is 7.33. The van der Waals surface area contributed by atoms with Gasteiger partial charge in [0.05, 0.1) is 18.5 Å². The number of hydrogen-bond donors (Lipinski definition) is 0. The molecule has 1 aliphatic rings. The molecule has 0 N–H and O–H groups in total. The first-order chi connectivity index (χ1) is 11.1. The van der Waals surface area contributed by atoms with Crippen molar-refractivity contribution >= 4 is 29.3 Å². The Labute approximate surface area is 143 Å². The van der Waals surface area contributed by atoms with Crippen molar-refractivity contribution in [2.24, 2.45) is 0 Å². The number of rotatable bonds is 4. The number of morpholine rings is 1. The number of benzene rings is 1. The van der Waals surface area contributed by atoms with Gasteiger partial charge in [0.25, 0.3) is 5.22 Å². The lowest BCUT2D eigenvalue weighted by Crippen LogP contribution is -2.44. The van der Waals surface area contributed by atoms with Gasteiger partial charge in [-0.3, -0.25) is 4.79 Å². The predicted molar refractivity (Wildman–Crippen MR) is 87.5 cm³/mol. The van der Waals surface area contributed by atoms with Crippen LogP contribution < -0.4 is 0 Å². The molecule has 1 aromatic carbocycles. The number of nitrogens with zero attached hydrogens (tertiary/aromatic N) is 3. The summed E-state index contributed by atoms with van der Waals surface area (Å²) >= 11 is 7.22. The van der Waals surface area contributed by atoms with Gasteiger partial charge in [0.2, 0.25) is 11.8 Å². The summed E-state index contributed by atoms with van der Waals surface area (Å²) in [6.07, 6.45) is 0. The number of thioether (sulfide) groups is 1. The van der Waals surface area contributed by atoms with E-state index in [1.165, 1.54) is 11.8 Å². The third-order valence-electron chi connectivity index (χ3n) is 3.43. The average Bonchev–Trinajstić information content (AvgIpc) is 3.03. The van der Waals surface area contributed by atoms with Crippen molar-refractivity contribution in [3.8, 4) is 11.5 Å². The highest BCUT2D eigenvalue weighted by molar-refractivity contribution is 8.00. The number of carbonyl (C=O) groups is 1. The summed E-state index contributed by atoms with van der Waals surface area (Å²) in [7, 11) is 0. The first-order valence-electron chi connectivity index (χ1n) is 7.26. The van der Waals surface area contributed by atoms with Crippen molar-refractivity contribution in [3.05, 3.63) is 29.3 Å². The Hall–Kier alpha value is -1.57. The van der Waals surface area contributed by atoms with Crippen molar-refractivity contribution in [1.29, 1.82) is 0 Å². The van der Waals surface area contributed by atoms with E-state index in [0.717, 1.165) is 5.56 Å². The molecule has 0 unspecified atom stereocenters. The van der Waals surface area contributed by atoms with Gasteiger partial charge in [0.1, 0.15) is 0 Å². The fourth-order valence-electron chi connectivity index (χ4n) is 2.24. The molecule has 3 rings (SSSR count). The molecule has 6 nitrogen and oxygen atoms in total. The highest BCUT2D eigenvalue weighted by Crippen LogP contribution is 2.28. The Bertz CT molecular complexity index is 688. The van der Waals surface area contributed by atoms with E-state index < -0.39 is 0 Å². The van der Waals surface area contributed by atoms with Crippen LogP contribution in [0.2, 0.25) is 5.02 Å². The topological polar surface area (TPSA) is 68.5 Å². The van der Waals surface area contributed by atoms with Gasteiger partial charge in [-0.05, 0) is 25.1 Å². The monoisotopic (exact) mass is 353 g/mol. The van der Waals surface area contributed by atoms with Gasteiger partial charge in [-0.1, -0.05) is 29.4 Å². The third-order valence-corrected chi connectivity index (χ3v) is 4.58. The van der Waals surface area contributed by atoms with Crippen LogP contribution in [0.4, 0.5) is 0 Å². The van der Waals surface area contributed by atoms with Crippen molar-refractivity contribution in [3.63, 3.8) is 0 Å². The van der Waals surface area contributed by atoms with Crippen LogP contribution in [0.5, 0.6) is 0 Å². The Kier molecular flexibility index (Phi) is 5.20. The van der Waals surface area contributed by atoms with Gasteiger partial charge in [-0.15, -0.1) is 10.2 Å². The number of hydrogen-bond acceptors (Lipinski definition) is 6. The van der Waals surface area contributed by atoms with Crippen LogP contribution in [0.15, 0.2) is 33.9 Å². The maximum atomic E-state index is 12.4. The molecule has 1 amide bonds. The number of aromatic nitrogens is 2. The molecule has 0 radical (unpaired) electrons. The van der Waals surface area contributed by atoms with Crippen LogP contribution in [0.25, 0.3) is 11.5 Å². The van der Waals surface area contributed by atoms with E-state index in [9.17, 15) is 4.79 Å². The van der Waals surface area contributed by atoms with E-state index in [2.05, 4.69) is 10.2 Å². The van der Waals surface area contributed by atoms with Gasteiger partial charge in [-0.2, -0.15) is 0 Å². The summed E-state index contributed by atoms with van der Waals surface area (Å²) in [6, 6.07) is 7.20. The maximum Gasteiger partial charge on any atom is 0.277 e. The van der Waals surface area contributed by atoms with Gasteiger partial charge in [0.15, 0.2) is 0 Å². The highest BCUT2D eigenvalue weighted by atomic mass is 35.5. The van der Waals surface area contributed by atoms with Crippen LogP contribution in [0, 0.1) is 0 Å². The van der Waals surface area contributed by atoms with Crippen molar-refractivity contribution in [2.75, 3.05) is 26.3 Å². The average molecular weight is 354 g/mol. The zero-order valence-corrected chi connectivity index (χ0v) is 14.1. The molecule has 0 spiro atoms. The summed E-state index contributed by atoms with van der Waals surface area (Å²) < 4.78 is 10.9. The number of carbonyl (C=O) groups excluding carboxylic acids is 1. The molecule has 0 bridgehead atoms. The molecule has 1 saturated heterocycles. The Balaban J connectivity index is 1.65. The van der Waals surface area contributed by atoms with E-state index in [1.54, 1.807) is 17.0 Å². The van der Waals surface area contributed by atoms with E-state index in [4.69, 9.17) is 20.8 Å². The van der Waals surface area contributed by atoms with E-state index in [1.807, 2.05) is 19.1 Å². The van der Waals surface area contributed by atoms with Crippen LogP contribution >= 0.6 is 23.4 Å². The molecule has 1 aliphatic heterocycles. The molecular weight excluding hydrogens is 338 g/mol. The lowest BCUT2D eigenvalue weighted by atomic mass is 10.2. The van der Waals surface area contributed by atoms with Crippen molar-refractivity contribution in [1.82, 2.24) is 15.1 Å². The Morgan fingerprint density at radius 2 is 2.13 bits per heavy atom. The molecule has 2 aromatic rings. The Morgan fingerprint density at radius 1 is 1.35 bits per heavy atom. The number of halogens is 1. The maximum absolute atomic E-state index is 12.4. The smallest absolute Gasteiger partial charge is 0.277 e. The number of ether oxygens (including phenoxy) is 1. The fraction of sp³-hybridized carbons (Fsp3) is 0.400. The predicted octanol–water partition coefficient (Wildman–Crippen LogP) is 2.73. The zero-order valence-electron chi connectivity index (χ0n) is 12.6. The quantitative estimate of drug-likeness (QED) is 0.787. The van der Waals surface area contributed by atoms with E-state index in [0.29, 0.717) is 42.4 Å². The van der Waals surface area contributed by atoms with Crippen LogP contribution in [-0.2, 0) is 9.53 Å². The summed E-state index contributed by atoms with van der Waals surface area (Å²) in [5.74, 6) is 0.446. The summed E-state index contributed by atoms with van der Waals surface area (Å²) in [5, 5.41) is 8.69. The van der Waals surface area contributed by atoms with Crippen molar-refractivity contribution in [2.45, 2.75) is 17.4 Å². The van der Waals surface area contributed by atoms with Gasteiger partial charge in [0, 0.05) is 23.7 Å². The summed E-state index contributed by atoms with van der Waals surface area (Å²) in [4.78, 5) is 14.2. The minimum Gasteiger partial charge on any atom is -0.411 e. The lowest BCUT2D eigenvalue weighted by molar-refractivity contribution is -0.134. The number of amides is 1. The van der Waals surface area contributed by atoms with E-state index >= 15 is 0 Å².